The summed E-state index contributed by atoms with van der Waals surface area (Å²) in [5, 5.41) is 5.90. The van der Waals surface area contributed by atoms with Crippen molar-refractivity contribution in [2.24, 2.45) is 0 Å². The van der Waals surface area contributed by atoms with Crippen LogP contribution in [0.3, 0.4) is 0 Å². The van der Waals surface area contributed by atoms with E-state index in [-0.39, 0.29) is 35.1 Å². The summed E-state index contributed by atoms with van der Waals surface area (Å²) in [5.74, 6) is -0.231. The average molecular weight is 571 g/mol. The number of amides is 3. The summed E-state index contributed by atoms with van der Waals surface area (Å²) in [6.07, 6.45) is 2.57. The molecule has 1 saturated heterocycles. The van der Waals surface area contributed by atoms with Gasteiger partial charge < -0.3 is 30.1 Å². The largest absolute Gasteiger partial charge is 0.494 e. The highest BCUT2D eigenvalue weighted by Gasteiger charge is 2.38. The summed E-state index contributed by atoms with van der Waals surface area (Å²) >= 11 is 0. The van der Waals surface area contributed by atoms with E-state index < -0.39 is 6.04 Å². The minimum Gasteiger partial charge on any atom is -0.494 e. The number of likely N-dealkylation sites (N-methyl/N-ethyl adjacent to an activating group) is 2. The van der Waals surface area contributed by atoms with Gasteiger partial charge in [0.15, 0.2) is 5.82 Å². The van der Waals surface area contributed by atoms with E-state index in [1.54, 1.807) is 45.3 Å². The first-order chi connectivity index (χ1) is 20.2. The third-order valence-electron chi connectivity index (χ3n) is 7.55. The zero-order valence-electron chi connectivity index (χ0n) is 24.1. The Morgan fingerprint density at radius 2 is 1.83 bits per heavy atom. The number of carbonyl (C=O) groups excluding carboxylic acids is 3. The highest BCUT2D eigenvalue weighted by atomic mass is 16.5. The number of nitrogens with zero attached hydrogens (tertiary/aromatic N) is 6. The van der Waals surface area contributed by atoms with Crippen molar-refractivity contribution in [2.75, 3.05) is 67.8 Å². The van der Waals surface area contributed by atoms with Crippen LogP contribution >= 0.6 is 0 Å². The summed E-state index contributed by atoms with van der Waals surface area (Å²) in [6, 6.07) is 11.8. The summed E-state index contributed by atoms with van der Waals surface area (Å²) in [4.78, 5) is 55.4. The molecule has 3 aromatic rings. The second-order valence-corrected chi connectivity index (χ2v) is 10.2. The molecular weight excluding hydrogens is 536 g/mol. The molecule has 1 fully saturated rings. The number of benzene rings is 2. The number of fused-ring (bicyclic) bond motifs is 1. The van der Waals surface area contributed by atoms with Crippen molar-refractivity contribution in [2.45, 2.75) is 13.0 Å². The topological polar surface area (TPSA) is 123 Å². The molecule has 0 spiro atoms. The Labute approximate surface area is 244 Å². The average Bonchev–Trinajstić information content (AvgIpc) is 3.06. The van der Waals surface area contributed by atoms with Gasteiger partial charge >= 0.3 is 0 Å². The molecule has 2 aliphatic rings. The third-order valence-corrected chi connectivity index (χ3v) is 7.55. The second kappa shape index (κ2) is 11.9. The lowest BCUT2D eigenvalue weighted by Crippen LogP contribution is -2.44. The molecule has 1 atom stereocenters. The van der Waals surface area contributed by atoms with E-state index >= 15 is 0 Å². The van der Waals surface area contributed by atoms with Crippen LogP contribution in [0, 0.1) is 0 Å². The first kappa shape index (κ1) is 28.6. The second-order valence-electron chi connectivity index (χ2n) is 10.2. The normalized spacial score (nSPS) is 17.4. The fourth-order valence-corrected chi connectivity index (χ4v) is 4.91. The van der Waals surface area contributed by atoms with E-state index in [4.69, 9.17) is 4.74 Å². The molecule has 3 amide bonds. The summed E-state index contributed by atoms with van der Waals surface area (Å²) in [5.41, 5.74) is 2.74. The third kappa shape index (κ3) is 5.61. The van der Waals surface area contributed by atoms with E-state index in [9.17, 15) is 14.4 Å². The number of rotatable bonds is 7. The van der Waals surface area contributed by atoms with Crippen molar-refractivity contribution in [1.29, 1.82) is 0 Å². The lowest BCUT2D eigenvalue weighted by molar-refractivity contribution is -0.121. The molecule has 2 N–H and O–H groups in total. The molecule has 0 radical (unpaired) electrons. The van der Waals surface area contributed by atoms with Gasteiger partial charge in [-0.3, -0.25) is 19.3 Å². The van der Waals surface area contributed by atoms with Crippen molar-refractivity contribution < 1.29 is 19.1 Å². The van der Waals surface area contributed by atoms with Crippen LogP contribution in [0.1, 0.15) is 17.3 Å². The van der Waals surface area contributed by atoms with E-state index in [0.717, 1.165) is 37.9 Å². The van der Waals surface area contributed by atoms with Gasteiger partial charge in [-0.1, -0.05) is 12.6 Å². The number of hydrogen-bond acceptors (Lipinski definition) is 9. The van der Waals surface area contributed by atoms with Crippen LogP contribution in [-0.4, -0.2) is 90.9 Å². The van der Waals surface area contributed by atoms with Crippen molar-refractivity contribution in [3.63, 3.8) is 0 Å². The van der Waals surface area contributed by atoms with Gasteiger partial charge in [-0.2, -0.15) is 4.98 Å². The molecular formula is C30H34N8O4. The predicted octanol–water partition coefficient (Wildman–Crippen LogP) is 3.24. The highest BCUT2D eigenvalue weighted by molar-refractivity contribution is 6.13. The number of methoxy groups -OCH3 is 1. The molecule has 0 aliphatic carbocycles. The van der Waals surface area contributed by atoms with Gasteiger partial charge in [0.25, 0.3) is 11.8 Å². The minimum atomic E-state index is -0.781. The van der Waals surface area contributed by atoms with Crippen molar-refractivity contribution in [1.82, 2.24) is 19.8 Å². The van der Waals surface area contributed by atoms with E-state index in [0.29, 0.717) is 22.8 Å². The number of hydrogen-bond donors (Lipinski definition) is 2. The van der Waals surface area contributed by atoms with Crippen molar-refractivity contribution in [3.05, 3.63) is 66.9 Å². The maximum atomic E-state index is 13.8. The molecule has 1 aromatic heterocycles. The van der Waals surface area contributed by atoms with Crippen LogP contribution in [0.2, 0.25) is 0 Å². The van der Waals surface area contributed by atoms with Crippen LogP contribution in [0.25, 0.3) is 0 Å². The van der Waals surface area contributed by atoms with Gasteiger partial charge in [0.2, 0.25) is 11.9 Å². The Kier molecular flexibility index (Phi) is 8.07. The first-order valence-corrected chi connectivity index (χ1v) is 13.6. The van der Waals surface area contributed by atoms with Crippen LogP contribution in [0.5, 0.6) is 5.75 Å². The first-order valence-electron chi connectivity index (χ1n) is 13.6. The molecule has 0 saturated carbocycles. The van der Waals surface area contributed by atoms with Gasteiger partial charge in [0, 0.05) is 56.9 Å². The predicted molar refractivity (Wildman–Crippen MR) is 162 cm³/mol. The molecule has 12 nitrogen and oxygen atoms in total. The highest BCUT2D eigenvalue weighted by Crippen LogP contribution is 2.36. The summed E-state index contributed by atoms with van der Waals surface area (Å²) < 4.78 is 5.69. The van der Waals surface area contributed by atoms with Crippen LogP contribution in [0.15, 0.2) is 61.3 Å². The van der Waals surface area contributed by atoms with Gasteiger partial charge in [0.05, 0.1) is 18.5 Å². The maximum Gasteiger partial charge on any atom is 0.259 e. The fourth-order valence-electron chi connectivity index (χ4n) is 4.91. The van der Waals surface area contributed by atoms with E-state index in [1.165, 1.54) is 16.0 Å². The summed E-state index contributed by atoms with van der Waals surface area (Å²) in [7, 11) is 5.28. The molecule has 1 unspecified atom stereocenters. The lowest BCUT2D eigenvalue weighted by atomic mass is 10.2. The van der Waals surface area contributed by atoms with Crippen molar-refractivity contribution >= 4 is 52.2 Å². The molecule has 3 heterocycles. The Bertz CT molecular complexity index is 1540. The monoisotopic (exact) mass is 570 g/mol. The van der Waals surface area contributed by atoms with Gasteiger partial charge in [-0.15, -0.1) is 0 Å². The maximum absolute atomic E-state index is 13.8. The standard InChI is InChI=1S/C30H34N8O4/c1-6-26(39)32-20-8-7-9-22(16-20)38-27-23(29(41)36(4)19(2)28(38)40)18-31-30(34-27)33-24-11-10-21(17-25(24)42-5)37-14-12-35(3)13-15-37/h6-11,16-19H,1,12-15H2,2-5H3,(H,32,39)(H,31,33,34). The SMILES string of the molecule is C=CC(=O)Nc1cccc(N2C(=O)C(C)N(C)C(=O)c3cnc(Nc4ccc(N5CCN(C)CC5)cc4OC)nc32)c1. The molecule has 0 bridgehead atoms. The van der Waals surface area contributed by atoms with E-state index in [2.05, 4.69) is 44.0 Å². The number of carbonyl (C=O) groups is 3. The quantitative estimate of drug-likeness (QED) is 0.412. The fraction of sp³-hybridized carbons (Fsp3) is 0.300. The number of anilines is 6. The molecule has 2 aliphatic heterocycles. The van der Waals surface area contributed by atoms with E-state index in [1.807, 2.05) is 18.2 Å². The molecule has 12 heteroatoms. The Morgan fingerprint density at radius 3 is 2.55 bits per heavy atom. The number of piperazine rings is 1. The number of nitrogens with one attached hydrogen (secondary N) is 2. The Balaban J connectivity index is 1.52. The smallest absolute Gasteiger partial charge is 0.259 e. The Morgan fingerprint density at radius 1 is 1.07 bits per heavy atom. The van der Waals surface area contributed by atoms with Crippen LogP contribution in [-0.2, 0) is 9.59 Å². The van der Waals surface area contributed by atoms with Gasteiger partial charge in [-0.05, 0) is 50.4 Å². The van der Waals surface area contributed by atoms with Gasteiger partial charge in [0.1, 0.15) is 17.4 Å². The molecule has 218 valence electrons. The summed E-state index contributed by atoms with van der Waals surface area (Å²) in [6.45, 7) is 8.94. The number of ether oxygens (including phenoxy) is 1. The molecule has 42 heavy (non-hydrogen) atoms. The zero-order valence-corrected chi connectivity index (χ0v) is 24.1. The molecule has 2 aromatic carbocycles. The molecule has 5 rings (SSSR count). The van der Waals surface area contributed by atoms with Crippen LogP contribution in [0.4, 0.5) is 34.5 Å². The van der Waals surface area contributed by atoms with Crippen molar-refractivity contribution in [3.8, 4) is 5.75 Å². The van der Waals surface area contributed by atoms with Gasteiger partial charge in [-0.25, -0.2) is 4.98 Å². The van der Waals surface area contributed by atoms with Crippen LogP contribution < -0.4 is 25.2 Å². The Hall–Kier alpha value is -4.97. The zero-order chi connectivity index (χ0) is 30.0. The lowest BCUT2D eigenvalue weighted by Gasteiger charge is -2.34. The number of aromatic nitrogens is 2. The minimum absolute atomic E-state index is 0.124.